The SMILES string of the molecule is CCC1(CC)CC(C)(C)Oc2ccc(NC(=O)Nc3ccc(C)cc3)cc21. The van der Waals surface area contributed by atoms with Crippen LogP contribution in [0.2, 0.25) is 0 Å². The zero-order valence-corrected chi connectivity index (χ0v) is 17.0. The lowest BCUT2D eigenvalue weighted by molar-refractivity contribution is 0.0409. The van der Waals surface area contributed by atoms with Crippen molar-refractivity contribution in [2.45, 2.75) is 64.9 Å². The normalized spacial score (nSPS) is 16.8. The highest BCUT2D eigenvalue weighted by Crippen LogP contribution is 2.49. The Morgan fingerprint density at radius 2 is 1.59 bits per heavy atom. The smallest absolute Gasteiger partial charge is 0.323 e. The van der Waals surface area contributed by atoms with Gasteiger partial charge in [0.15, 0.2) is 0 Å². The molecule has 0 fully saturated rings. The Morgan fingerprint density at radius 3 is 2.22 bits per heavy atom. The molecular weight excluding hydrogens is 336 g/mol. The molecule has 0 atom stereocenters. The summed E-state index contributed by atoms with van der Waals surface area (Å²) in [6.07, 6.45) is 3.06. The van der Waals surface area contributed by atoms with Gasteiger partial charge in [0, 0.05) is 22.4 Å². The quantitative estimate of drug-likeness (QED) is 0.671. The van der Waals surface area contributed by atoms with Crippen molar-refractivity contribution in [1.29, 1.82) is 0 Å². The second kappa shape index (κ2) is 7.26. The third-order valence-corrected chi connectivity index (χ3v) is 5.62. The highest BCUT2D eigenvalue weighted by molar-refractivity contribution is 5.99. The molecule has 0 saturated carbocycles. The van der Waals surface area contributed by atoms with E-state index >= 15 is 0 Å². The Kier molecular flexibility index (Phi) is 5.18. The molecule has 0 bridgehead atoms. The second-order valence-corrected chi connectivity index (χ2v) is 8.18. The number of aryl methyl sites for hydroxylation is 1. The molecule has 0 aliphatic carbocycles. The first kappa shape index (κ1) is 19.3. The lowest BCUT2D eigenvalue weighted by Crippen LogP contribution is -2.43. The Morgan fingerprint density at radius 1 is 1.00 bits per heavy atom. The van der Waals surface area contributed by atoms with E-state index in [1.807, 2.05) is 43.3 Å². The molecule has 2 aromatic rings. The minimum atomic E-state index is -0.241. The summed E-state index contributed by atoms with van der Waals surface area (Å²) in [5.41, 5.74) is 3.80. The molecule has 144 valence electrons. The van der Waals surface area contributed by atoms with Crippen molar-refractivity contribution in [2.75, 3.05) is 10.6 Å². The standard InChI is InChI=1S/C23H30N2O2/c1-6-23(7-2)15-22(4,5)27-20-13-12-18(14-19(20)23)25-21(26)24-17-10-8-16(3)9-11-17/h8-14H,6-7,15H2,1-5H3,(H2,24,25,26). The predicted octanol–water partition coefficient (Wildman–Crippen LogP) is 6.26. The molecule has 2 N–H and O–H groups in total. The van der Waals surface area contributed by atoms with Crippen molar-refractivity contribution in [3.8, 4) is 5.75 Å². The molecule has 0 radical (unpaired) electrons. The number of carbonyl (C=O) groups excluding carboxylic acids is 1. The average molecular weight is 367 g/mol. The minimum absolute atomic E-state index is 0.0716. The van der Waals surface area contributed by atoms with Crippen LogP contribution in [-0.2, 0) is 5.41 Å². The summed E-state index contributed by atoms with van der Waals surface area (Å²) in [5.74, 6) is 0.930. The number of amides is 2. The number of ether oxygens (including phenoxy) is 1. The van der Waals surface area contributed by atoms with E-state index in [1.54, 1.807) is 0 Å². The first-order valence-electron chi connectivity index (χ1n) is 9.75. The fraction of sp³-hybridized carbons (Fsp3) is 0.435. The predicted molar refractivity (Wildman–Crippen MR) is 112 cm³/mol. The maximum Gasteiger partial charge on any atom is 0.323 e. The van der Waals surface area contributed by atoms with Gasteiger partial charge in [0.2, 0.25) is 0 Å². The number of fused-ring (bicyclic) bond motifs is 1. The van der Waals surface area contributed by atoms with Crippen LogP contribution in [0.5, 0.6) is 5.75 Å². The van der Waals surface area contributed by atoms with Gasteiger partial charge >= 0.3 is 6.03 Å². The Balaban J connectivity index is 1.82. The maximum atomic E-state index is 12.4. The number of anilines is 2. The molecule has 27 heavy (non-hydrogen) atoms. The summed E-state index contributed by atoms with van der Waals surface area (Å²) in [7, 11) is 0. The fourth-order valence-electron chi connectivity index (χ4n) is 4.17. The Labute approximate surface area is 162 Å². The third-order valence-electron chi connectivity index (χ3n) is 5.62. The van der Waals surface area contributed by atoms with Crippen LogP contribution in [0.15, 0.2) is 42.5 Å². The van der Waals surface area contributed by atoms with E-state index in [2.05, 4.69) is 44.4 Å². The molecular formula is C23H30N2O2. The van der Waals surface area contributed by atoms with E-state index in [1.165, 1.54) is 5.56 Å². The molecule has 2 aromatic carbocycles. The van der Waals surface area contributed by atoms with Crippen LogP contribution in [-0.4, -0.2) is 11.6 Å². The number of nitrogens with one attached hydrogen (secondary N) is 2. The summed E-state index contributed by atoms with van der Waals surface area (Å²) >= 11 is 0. The summed E-state index contributed by atoms with van der Waals surface area (Å²) < 4.78 is 6.22. The van der Waals surface area contributed by atoms with Gasteiger partial charge in [-0.2, -0.15) is 0 Å². The van der Waals surface area contributed by atoms with Crippen LogP contribution >= 0.6 is 0 Å². The van der Waals surface area contributed by atoms with Gasteiger partial charge < -0.3 is 15.4 Å². The Hall–Kier alpha value is -2.49. The van der Waals surface area contributed by atoms with Gasteiger partial charge in [-0.1, -0.05) is 31.5 Å². The monoisotopic (exact) mass is 366 g/mol. The molecule has 4 heteroatoms. The largest absolute Gasteiger partial charge is 0.488 e. The molecule has 0 saturated heterocycles. The van der Waals surface area contributed by atoms with E-state index in [4.69, 9.17) is 4.74 Å². The number of rotatable bonds is 4. The van der Waals surface area contributed by atoms with Gasteiger partial charge in [0.25, 0.3) is 0 Å². The maximum absolute atomic E-state index is 12.4. The van der Waals surface area contributed by atoms with Crippen molar-refractivity contribution in [1.82, 2.24) is 0 Å². The molecule has 3 rings (SSSR count). The number of carbonyl (C=O) groups is 1. The highest BCUT2D eigenvalue weighted by Gasteiger charge is 2.42. The summed E-state index contributed by atoms with van der Waals surface area (Å²) in [4.78, 5) is 12.4. The van der Waals surface area contributed by atoms with E-state index in [0.717, 1.165) is 42.0 Å². The van der Waals surface area contributed by atoms with Crippen molar-refractivity contribution in [3.63, 3.8) is 0 Å². The molecule has 4 nitrogen and oxygen atoms in total. The van der Waals surface area contributed by atoms with E-state index in [0.29, 0.717) is 0 Å². The number of urea groups is 1. The minimum Gasteiger partial charge on any atom is -0.488 e. The summed E-state index contributed by atoms with van der Waals surface area (Å²) in [6.45, 7) is 10.8. The molecule has 2 amide bonds. The van der Waals surface area contributed by atoms with Crippen molar-refractivity contribution in [3.05, 3.63) is 53.6 Å². The van der Waals surface area contributed by atoms with Gasteiger partial charge in [-0.15, -0.1) is 0 Å². The van der Waals surface area contributed by atoms with Gasteiger partial charge in [0.1, 0.15) is 11.4 Å². The lowest BCUT2D eigenvalue weighted by atomic mass is 9.67. The van der Waals surface area contributed by atoms with Gasteiger partial charge in [-0.25, -0.2) is 4.79 Å². The molecule has 0 unspecified atom stereocenters. The zero-order valence-electron chi connectivity index (χ0n) is 17.0. The number of benzene rings is 2. The fourth-order valence-corrected chi connectivity index (χ4v) is 4.17. The first-order chi connectivity index (χ1) is 12.8. The van der Waals surface area contributed by atoms with E-state index in [-0.39, 0.29) is 17.0 Å². The molecule has 0 spiro atoms. The van der Waals surface area contributed by atoms with E-state index < -0.39 is 0 Å². The van der Waals surface area contributed by atoms with Gasteiger partial charge in [-0.05, 0) is 70.4 Å². The summed E-state index contributed by atoms with van der Waals surface area (Å²) in [6, 6.07) is 13.5. The number of hydrogen-bond acceptors (Lipinski definition) is 2. The highest BCUT2D eigenvalue weighted by atomic mass is 16.5. The molecule has 1 aliphatic heterocycles. The van der Waals surface area contributed by atoms with Crippen LogP contribution in [0.1, 0.15) is 58.1 Å². The van der Waals surface area contributed by atoms with Crippen molar-refractivity contribution in [2.24, 2.45) is 0 Å². The van der Waals surface area contributed by atoms with Gasteiger partial charge in [-0.3, -0.25) is 0 Å². The topological polar surface area (TPSA) is 50.4 Å². The van der Waals surface area contributed by atoms with Crippen molar-refractivity contribution < 1.29 is 9.53 Å². The van der Waals surface area contributed by atoms with Gasteiger partial charge in [0.05, 0.1) is 0 Å². The second-order valence-electron chi connectivity index (χ2n) is 8.18. The third kappa shape index (κ3) is 4.10. The Bertz CT molecular complexity index is 821. The van der Waals surface area contributed by atoms with Crippen molar-refractivity contribution >= 4 is 17.4 Å². The average Bonchev–Trinajstić information content (AvgIpc) is 2.62. The van der Waals surface area contributed by atoms with Crippen LogP contribution in [0, 0.1) is 6.92 Å². The zero-order chi connectivity index (χ0) is 19.7. The molecule has 0 aromatic heterocycles. The molecule has 1 aliphatic rings. The van der Waals surface area contributed by atoms with Crippen LogP contribution in [0.25, 0.3) is 0 Å². The van der Waals surface area contributed by atoms with Crippen LogP contribution < -0.4 is 15.4 Å². The summed E-state index contributed by atoms with van der Waals surface area (Å²) in [5, 5.41) is 5.83. The lowest BCUT2D eigenvalue weighted by Gasteiger charge is -2.45. The number of hydrogen-bond donors (Lipinski definition) is 2. The van der Waals surface area contributed by atoms with Crippen LogP contribution in [0.3, 0.4) is 0 Å². The van der Waals surface area contributed by atoms with Crippen LogP contribution in [0.4, 0.5) is 16.2 Å². The van der Waals surface area contributed by atoms with E-state index in [9.17, 15) is 4.79 Å². The molecule has 1 heterocycles. The first-order valence-corrected chi connectivity index (χ1v) is 9.75.